The van der Waals surface area contributed by atoms with Crippen LogP contribution in [0.2, 0.25) is 0 Å². The van der Waals surface area contributed by atoms with E-state index in [1.54, 1.807) is 0 Å². The Hall–Kier alpha value is -1.74. The topological polar surface area (TPSA) is 38.3 Å². The fourth-order valence-corrected chi connectivity index (χ4v) is 2.92. The zero-order chi connectivity index (χ0) is 13.4. The summed E-state index contributed by atoms with van der Waals surface area (Å²) >= 11 is 6.03. The smallest absolute Gasteiger partial charge is 0.308 e. The SMILES string of the molecule is CC(=O)Oc1cc2c(c3ccccc13)C(CCl)CN2. The van der Waals surface area contributed by atoms with Gasteiger partial charge >= 0.3 is 5.97 Å². The van der Waals surface area contributed by atoms with Gasteiger partial charge in [-0.15, -0.1) is 11.6 Å². The zero-order valence-corrected chi connectivity index (χ0v) is 11.3. The van der Waals surface area contributed by atoms with Crippen LogP contribution in [0.5, 0.6) is 5.75 Å². The van der Waals surface area contributed by atoms with E-state index in [1.165, 1.54) is 12.5 Å². The number of nitrogens with one attached hydrogen (secondary N) is 1. The minimum atomic E-state index is -0.308. The van der Waals surface area contributed by atoms with Gasteiger partial charge in [-0.05, 0) is 10.9 Å². The maximum absolute atomic E-state index is 11.2. The molecule has 3 nitrogen and oxygen atoms in total. The Morgan fingerprint density at radius 2 is 2.16 bits per heavy atom. The molecule has 19 heavy (non-hydrogen) atoms. The van der Waals surface area contributed by atoms with Gasteiger partial charge in [-0.25, -0.2) is 0 Å². The molecular formula is C15H14ClNO2. The maximum Gasteiger partial charge on any atom is 0.308 e. The lowest BCUT2D eigenvalue weighted by Gasteiger charge is -2.13. The molecule has 3 rings (SSSR count). The summed E-state index contributed by atoms with van der Waals surface area (Å²) in [7, 11) is 0. The molecule has 1 atom stereocenters. The highest BCUT2D eigenvalue weighted by Gasteiger charge is 2.25. The highest BCUT2D eigenvalue weighted by atomic mass is 35.5. The second kappa shape index (κ2) is 4.74. The Kier molecular flexibility index (Phi) is 3.07. The van der Waals surface area contributed by atoms with Crippen LogP contribution in [-0.4, -0.2) is 18.4 Å². The number of ether oxygens (including phenoxy) is 1. The fourth-order valence-electron chi connectivity index (χ4n) is 2.66. The number of benzene rings is 2. The first-order chi connectivity index (χ1) is 9.20. The van der Waals surface area contributed by atoms with Gasteiger partial charge in [-0.1, -0.05) is 24.3 Å². The third-order valence-corrected chi connectivity index (χ3v) is 3.81. The minimum absolute atomic E-state index is 0.299. The fraction of sp³-hybridized carbons (Fsp3) is 0.267. The highest BCUT2D eigenvalue weighted by molar-refractivity contribution is 6.18. The van der Waals surface area contributed by atoms with Gasteiger partial charge in [0.25, 0.3) is 0 Å². The first-order valence-corrected chi connectivity index (χ1v) is 6.78. The van der Waals surface area contributed by atoms with Crippen molar-refractivity contribution in [1.29, 1.82) is 0 Å². The average molecular weight is 276 g/mol. The Balaban J connectivity index is 2.26. The number of anilines is 1. The van der Waals surface area contributed by atoms with Crippen LogP contribution in [0.3, 0.4) is 0 Å². The average Bonchev–Trinajstić information content (AvgIpc) is 2.81. The van der Waals surface area contributed by atoms with Crippen LogP contribution >= 0.6 is 11.6 Å². The summed E-state index contributed by atoms with van der Waals surface area (Å²) in [4.78, 5) is 11.2. The van der Waals surface area contributed by atoms with E-state index in [0.717, 1.165) is 23.0 Å². The van der Waals surface area contributed by atoms with E-state index in [0.29, 0.717) is 17.5 Å². The normalized spacial score (nSPS) is 17.1. The van der Waals surface area contributed by atoms with Gasteiger partial charge in [-0.2, -0.15) is 0 Å². The number of esters is 1. The summed E-state index contributed by atoms with van der Waals surface area (Å²) in [5.41, 5.74) is 2.24. The van der Waals surface area contributed by atoms with Crippen molar-refractivity contribution in [3.8, 4) is 5.75 Å². The molecule has 0 bridgehead atoms. The molecule has 1 unspecified atom stereocenters. The van der Waals surface area contributed by atoms with E-state index < -0.39 is 0 Å². The lowest BCUT2D eigenvalue weighted by Crippen LogP contribution is -2.03. The molecule has 0 radical (unpaired) electrons. The van der Waals surface area contributed by atoms with E-state index in [2.05, 4.69) is 5.32 Å². The van der Waals surface area contributed by atoms with Crippen molar-refractivity contribution in [2.24, 2.45) is 0 Å². The van der Waals surface area contributed by atoms with Gasteiger partial charge in [0.05, 0.1) is 0 Å². The van der Waals surface area contributed by atoms with Crippen LogP contribution in [0.15, 0.2) is 30.3 Å². The molecule has 0 saturated heterocycles. The van der Waals surface area contributed by atoms with Crippen LogP contribution in [0.25, 0.3) is 10.8 Å². The van der Waals surface area contributed by atoms with Crippen LogP contribution in [0, 0.1) is 0 Å². The molecule has 2 aromatic carbocycles. The van der Waals surface area contributed by atoms with Crippen molar-refractivity contribution in [3.63, 3.8) is 0 Å². The van der Waals surface area contributed by atoms with Crippen molar-refractivity contribution in [1.82, 2.24) is 0 Å². The Labute approximate surface area is 116 Å². The summed E-state index contributed by atoms with van der Waals surface area (Å²) in [5.74, 6) is 1.17. The molecule has 0 saturated carbocycles. The zero-order valence-electron chi connectivity index (χ0n) is 10.6. The molecule has 0 amide bonds. The van der Waals surface area contributed by atoms with E-state index in [4.69, 9.17) is 16.3 Å². The maximum atomic E-state index is 11.2. The van der Waals surface area contributed by atoms with Crippen LogP contribution < -0.4 is 10.1 Å². The van der Waals surface area contributed by atoms with E-state index >= 15 is 0 Å². The molecular weight excluding hydrogens is 262 g/mol. The largest absolute Gasteiger partial charge is 0.426 e. The Morgan fingerprint density at radius 1 is 1.42 bits per heavy atom. The number of carbonyl (C=O) groups is 1. The van der Waals surface area contributed by atoms with Crippen molar-refractivity contribution in [2.75, 3.05) is 17.7 Å². The lowest BCUT2D eigenvalue weighted by molar-refractivity contribution is -0.131. The van der Waals surface area contributed by atoms with Crippen LogP contribution in [0.4, 0.5) is 5.69 Å². The van der Waals surface area contributed by atoms with Crippen LogP contribution in [-0.2, 0) is 4.79 Å². The monoisotopic (exact) mass is 275 g/mol. The molecule has 1 heterocycles. The molecule has 1 N–H and O–H groups in total. The molecule has 0 aromatic heterocycles. The standard InChI is InChI=1S/C15H14ClNO2/c1-9(18)19-14-6-13-15(10(7-16)8-17-13)12-5-3-2-4-11(12)14/h2-6,10,17H,7-8H2,1H3. The van der Waals surface area contributed by atoms with Gasteiger partial charge < -0.3 is 10.1 Å². The summed E-state index contributed by atoms with van der Waals surface area (Å²) in [6, 6.07) is 9.85. The third kappa shape index (κ3) is 2.04. The minimum Gasteiger partial charge on any atom is -0.426 e. The first-order valence-electron chi connectivity index (χ1n) is 6.24. The molecule has 2 aromatic rings. The number of hydrogen-bond donors (Lipinski definition) is 1. The molecule has 0 spiro atoms. The number of carbonyl (C=O) groups excluding carboxylic acids is 1. The number of hydrogen-bond acceptors (Lipinski definition) is 3. The number of halogens is 1. The van der Waals surface area contributed by atoms with Gasteiger partial charge in [-0.3, -0.25) is 4.79 Å². The number of fused-ring (bicyclic) bond motifs is 3. The Morgan fingerprint density at radius 3 is 2.84 bits per heavy atom. The Bertz CT molecular complexity index is 654. The lowest BCUT2D eigenvalue weighted by atomic mass is 9.95. The van der Waals surface area contributed by atoms with Gasteiger partial charge in [0, 0.05) is 42.4 Å². The van der Waals surface area contributed by atoms with Gasteiger partial charge in [0.15, 0.2) is 0 Å². The summed E-state index contributed by atoms with van der Waals surface area (Å²) < 4.78 is 5.31. The second-order valence-corrected chi connectivity index (χ2v) is 5.02. The predicted molar refractivity (Wildman–Crippen MR) is 77.2 cm³/mol. The summed E-state index contributed by atoms with van der Waals surface area (Å²) in [6.07, 6.45) is 0. The molecule has 1 aliphatic rings. The van der Waals surface area contributed by atoms with Crippen LogP contribution in [0.1, 0.15) is 18.4 Å². The summed E-state index contributed by atoms with van der Waals surface area (Å²) in [6.45, 7) is 2.24. The molecule has 1 aliphatic heterocycles. The highest BCUT2D eigenvalue weighted by Crippen LogP contribution is 2.42. The van der Waals surface area contributed by atoms with Crippen molar-refractivity contribution in [2.45, 2.75) is 12.8 Å². The summed E-state index contributed by atoms with van der Waals surface area (Å²) in [5, 5.41) is 5.39. The molecule has 0 aliphatic carbocycles. The van der Waals surface area contributed by atoms with E-state index in [-0.39, 0.29) is 5.97 Å². The molecule has 0 fully saturated rings. The number of rotatable bonds is 2. The first kappa shape index (κ1) is 12.3. The van der Waals surface area contributed by atoms with Gasteiger partial charge in [0.2, 0.25) is 0 Å². The third-order valence-electron chi connectivity index (χ3n) is 3.44. The molecule has 4 heteroatoms. The predicted octanol–water partition coefficient (Wildman–Crippen LogP) is 3.51. The quantitative estimate of drug-likeness (QED) is 0.518. The van der Waals surface area contributed by atoms with E-state index in [1.807, 2.05) is 30.3 Å². The van der Waals surface area contributed by atoms with Crippen molar-refractivity contribution in [3.05, 3.63) is 35.9 Å². The molecule has 98 valence electrons. The second-order valence-electron chi connectivity index (χ2n) is 4.71. The van der Waals surface area contributed by atoms with Gasteiger partial charge in [0.1, 0.15) is 5.75 Å². The van der Waals surface area contributed by atoms with Crippen molar-refractivity contribution < 1.29 is 9.53 Å². The number of alkyl halides is 1. The van der Waals surface area contributed by atoms with E-state index in [9.17, 15) is 4.79 Å². The van der Waals surface area contributed by atoms with Crippen molar-refractivity contribution >= 4 is 34.0 Å².